The third-order valence-electron chi connectivity index (χ3n) is 5.18. The third-order valence-corrected chi connectivity index (χ3v) is 6.36. The minimum Gasteiger partial charge on any atom is -0.609 e. The molecule has 0 saturated heterocycles. The van der Waals surface area contributed by atoms with Crippen molar-refractivity contribution in [3.8, 4) is 23.0 Å². The van der Waals surface area contributed by atoms with Gasteiger partial charge in [-0.05, 0) is 5.56 Å². The first-order valence-corrected chi connectivity index (χ1v) is 11.7. The number of H-pyrrole nitrogens is 1. The Kier molecular flexibility index (Phi) is 6.04. The Hall–Kier alpha value is -3.71. The molecule has 2 aromatic carbocycles. The summed E-state index contributed by atoms with van der Waals surface area (Å²) in [7, 11) is 1.46. The summed E-state index contributed by atoms with van der Waals surface area (Å²) in [5.74, 6) is -0.491. The van der Waals surface area contributed by atoms with E-state index in [1.165, 1.54) is 13.3 Å². The van der Waals surface area contributed by atoms with Crippen molar-refractivity contribution < 1.29 is 41.1 Å². The number of nitrogens with zero attached hydrogens (tertiary/aromatic N) is 2. The van der Waals surface area contributed by atoms with E-state index in [2.05, 4.69) is 24.4 Å². The van der Waals surface area contributed by atoms with Gasteiger partial charge in [-0.2, -0.15) is 22.5 Å². The summed E-state index contributed by atoms with van der Waals surface area (Å²) in [6.07, 6.45) is -8.24. The van der Waals surface area contributed by atoms with Gasteiger partial charge >= 0.3 is 17.4 Å². The number of fused-ring (bicyclic) bond motifs is 2. The Balaban J connectivity index is 1.32. The molecule has 13 heteroatoms. The second-order valence-corrected chi connectivity index (χ2v) is 9.05. The van der Waals surface area contributed by atoms with Crippen LogP contribution in [0, 0.1) is 0 Å². The average molecular weight is 523 g/mol. The van der Waals surface area contributed by atoms with Gasteiger partial charge in [-0.15, -0.1) is 0 Å². The van der Waals surface area contributed by atoms with Crippen molar-refractivity contribution in [2.24, 2.45) is 0 Å². The topological polar surface area (TPSA) is 102 Å². The average Bonchev–Trinajstić information content (AvgIpc) is 3.25. The largest absolute Gasteiger partial charge is 0.609 e. The standard InChI is InChI=1S/C23H17F4N3O5S/c1-32-17-7-14(28-10-20(17)33-11-13-5-3-2-4-6-13)12-36(31)21-29-15-8-18-19(9-16(15)30-21)35-23(26,27)22(24,25)34-18/h2-10H,11-12H2,1H3,(H,29,30). The zero-order valence-corrected chi connectivity index (χ0v) is 19.3. The molecule has 0 fully saturated rings. The number of halogens is 4. The summed E-state index contributed by atoms with van der Waals surface area (Å²) in [5, 5.41) is -0.0176. The number of hydrogen-bond donors (Lipinski definition) is 1. The number of benzene rings is 2. The normalized spacial score (nSPS) is 16.5. The van der Waals surface area contributed by atoms with E-state index in [1.807, 2.05) is 30.3 Å². The Morgan fingerprint density at radius 3 is 2.39 bits per heavy atom. The molecule has 188 valence electrons. The molecule has 0 bridgehead atoms. The summed E-state index contributed by atoms with van der Waals surface area (Å²) >= 11 is -1.75. The number of hydrogen-bond acceptors (Lipinski definition) is 7. The number of alkyl halides is 4. The van der Waals surface area contributed by atoms with E-state index in [9.17, 15) is 22.1 Å². The lowest BCUT2D eigenvalue weighted by molar-refractivity contribution is -0.391. The number of aromatic amines is 1. The number of nitrogens with one attached hydrogen (secondary N) is 1. The maximum absolute atomic E-state index is 13.5. The van der Waals surface area contributed by atoms with E-state index >= 15 is 0 Å². The second-order valence-electron chi connectivity index (χ2n) is 7.69. The van der Waals surface area contributed by atoms with Gasteiger partial charge in [-0.3, -0.25) is 9.97 Å². The van der Waals surface area contributed by atoms with Crippen LogP contribution >= 0.6 is 0 Å². The van der Waals surface area contributed by atoms with Crippen molar-refractivity contribution in [2.45, 2.75) is 29.7 Å². The van der Waals surface area contributed by atoms with E-state index in [4.69, 9.17) is 9.47 Å². The molecule has 36 heavy (non-hydrogen) atoms. The molecule has 0 amide bonds. The SMILES string of the molecule is COc1cc(C[S+]([O-])c2nc3cc4c(cc3[nH]2)OC(F)(F)C(F)(F)O4)ncc1OCc1ccccc1. The van der Waals surface area contributed by atoms with Crippen LogP contribution in [0.15, 0.2) is 59.9 Å². The molecular formula is C23H17F4N3O5S. The second kappa shape index (κ2) is 9.06. The fourth-order valence-corrected chi connectivity index (χ4v) is 4.39. The van der Waals surface area contributed by atoms with Gasteiger partial charge in [-0.1, -0.05) is 30.3 Å². The van der Waals surface area contributed by atoms with Crippen LogP contribution in [0.25, 0.3) is 11.0 Å². The highest BCUT2D eigenvalue weighted by molar-refractivity contribution is 7.90. The van der Waals surface area contributed by atoms with Gasteiger partial charge in [0.2, 0.25) is 0 Å². The van der Waals surface area contributed by atoms with Crippen molar-refractivity contribution in [3.63, 3.8) is 0 Å². The predicted molar refractivity (Wildman–Crippen MR) is 119 cm³/mol. The molecule has 1 atom stereocenters. The maximum atomic E-state index is 13.5. The summed E-state index contributed by atoms with van der Waals surface area (Å²) in [4.78, 5) is 11.1. The monoisotopic (exact) mass is 523 g/mol. The minimum absolute atomic E-state index is 0.0176. The predicted octanol–water partition coefficient (Wildman–Crippen LogP) is 4.81. The molecule has 4 aromatic rings. The molecule has 3 heterocycles. The number of aromatic nitrogens is 3. The van der Waals surface area contributed by atoms with Crippen LogP contribution < -0.4 is 18.9 Å². The molecule has 0 aliphatic carbocycles. The van der Waals surface area contributed by atoms with E-state index in [-0.39, 0.29) is 21.9 Å². The van der Waals surface area contributed by atoms with Crippen LogP contribution in [0.5, 0.6) is 23.0 Å². The van der Waals surface area contributed by atoms with Crippen molar-refractivity contribution in [1.82, 2.24) is 15.0 Å². The summed E-state index contributed by atoms with van der Waals surface area (Å²) < 4.78 is 86.1. The molecule has 0 saturated carbocycles. The zero-order chi connectivity index (χ0) is 25.5. The van der Waals surface area contributed by atoms with Crippen LogP contribution in [0.4, 0.5) is 17.6 Å². The molecule has 1 unspecified atom stereocenters. The van der Waals surface area contributed by atoms with Gasteiger partial charge in [0.05, 0.1) is 30.0 Å². The van der Waals surface area contributed by atoms with Gasteiger partial charge in [-0.25, -0.2) is 0 Å². The summed E-state index contributed by atoms with van der Waals surface area (Å²) in [6, 6.07) is 13.1. The molecule has 1 aliphatic rings. The lowest BCUT2D eigenvalue weighted by Crippen LogP contribution is -2.52. The maximum Gasteiger partial charge on any atom is 0.507 e. The molecule has 2 aromatic heterocycles. The lowest BCUT2D eigenvalue weighted by atomic mass is 10.2. The molecular weight excluding hydrogens is 506 g/mol. The van der Waals surface area contributed by atoms with Gasteiger partial charge < -0.3 is 23.5 Å². The van der Waals surface area contributed by atoms with Gasteiger partial charge in [0, 0.05) is 29.4 Å². The van der Waals surface area contributed by atoms with Crippen LogP contribution in [-0.2, 0) is 23.5 Å². The van der Waals surface area contributed by atoms with Crippen molar-refractivity contribution >= 4 is 22.2 Å². The first-order valence-electron chi connectivity index (χ1n) is 10.4. The van der Waals surface area contributed by atoms with Crippen LogP contribution in [0.2, 0.25) is 0 Å². The molecule has 1 aliphatic heterocycles. The van der Waals surface area contributed by atoms with Crippen molar-refractivity contribution in [3.05, 3.63) is 66.0 Å². The van der Waals surface area contributed by atoms with Crippen molar-refractivity contribution in [1.29, 1.82) is 0 Å². The smallest absolute Gasteiger partial charge is 0.507 e. The van der Waals surface area contributed by atoms with E-state index in [1.54, 1.807) is 6.07 Å². The lowest BCUT2D eigenvalue weighted by Gasteiger charge is -2.31. The van der Waals surface area contributed by atoms with Gasteiger partial charge in [0.15, 0.2) is 28.8 Å². The number of methoxy groups -OCH3 is 1. The zero-order valence-electron chi connectivity index (χ0n) is 18.5. The highest BCUT2D eigenvalue weighted by Crippen LogP contribution is 2.48. The van der Waals surface area contributed by atoms with Crippen molar-refractivity contribution in [2.75, 3.05) is 7.11 Å². The minimum atomic E-state index is -4.85. The van der Waals surface area contributed by atoms with Gasteiger partial charge in [0.1, 0.15) is 6.61 Å². The molecule has 0 spiro atoms. The first-order chi connectivity index (χ1) is 17.1. The molecule has 0 radical (unpaired) electrons. The first kappa shape index (κ1) is 24.0. The van der Waals surface area contributed by atoms with E-state index < -0.39 is 34.9 Å². The van der Waals surface area contributed by atoms with Crippen LogP contribution in [-0.4, -0.2) is 38.8 Å². The highest BCUT2D eigenvalue weighted by atomic mass is 32.2. The summed E-state index contributed by atoms with van der Waals surface area (Å²) in [5.41, 5.74) is 1.59. The van der Waals surface area contributed by atoms with Gasteiger partial charge in [0.25, 0.3) is 0 Å². The fourth-order valence-electron chi connectivity index (χ4n) is 3.41. The molecule has 1 N–H and O–H groups in total. The van der Waals surface area contributed by atoms with E-state index in [0.29, 0.717) is 23.8 Å². The number of rotatable bonds is 7. The number of pyridine rings is 1. The molecule has 5 rings (SSSR count). The molecule has 8 nitrogen and oxygen atoms in total. The Bertz CT molecular complexity index is 1350. The fraction of sp³-hybridized carbons (Fsp3) is 0.217. The Morgan fingerprint density at radius 1 is 1.00 bits per heavy atom. The van der Waals surface area contributed by atoms with Crippen LogP contribution in [0.3, 0.4) is 0 Å². The summed E-state index contributed by atoms with van der Waals surface area (Å²) in [6.45, 7) is 0.304. The highest BCUT2D eigenvalue weighted by Gasteiger charge is 2.66. The van der Waals surface area contributed by atoms with Crippen LogP contribution in [0.1, 0.15) is 11.3 Å². The third kappa shape index (κ3) is 4.58. The number of imidazole rings is 1. The van der Waals surface area contributed by atoms with E-state index in [0.717, 1.165) is 17.7 Å². The number of ether oxygens (including phenoxy) is 4. The Labute approximate surface area is 204 Å². The Morgan fingerprint density at radius 2 is 1.69 bits per heavy atom. The quantitative estimate of drug-likeness (QED) is 0.274.